The second-order valence-electron chi connectivity index (χ2n) is 5.37. The molecule has 102 valence electrons. The Morgan fingerprint density at radius 3 is 2.00 bits per heavy atom. The molecule has 1 heterocycles. The average molecular weight is 282 g/mol. The van der Waals surface area contributed by atoms with Gasteiger partial charge in [-0.05, 0) is 30.4 Å². The number of benzene rings is 2. The first-order chi connectivity index (χ1) is 9.81. The van der Waals surface area contributed by atoms with Gasteiger partial charge >= 0.3 is 0 Å². The molecular formula is C18H18OS. The summed E-state index contributed by atoms with van der Waals surface area (Å²) in [4.78, 5) is 12.1. The first kappa shape index (κ1) is 13.4. The van der Waals surface area contributed by atoms with Crippen LogP contribution in [0.25, 0.3) is 0 Å². The fourth-order valence-corrected chi connectivity index (χ4v) is 4.09. The maximum Gasteiger partial charge on any atom is 0.192 e. The number of rotatable bonds is 4. The third kappa shape index (κ3) is 3.31. The van der Waals surface area contributed by atoms with Crippen LogP contribution in [-0.4, -0.2) is 10.4 Å². The van der Waals surface area contributed by atoms with Gasteiger partial charge in [0.2, 0.25) is 0 Å². The summed E-state index contributed by atoms with van der Waals surface area (Å²) in [7, 11) is 0. The molecule has 1 nitrogen and oxygen atoms in total. The minimum Gasteiger partial charge on any atom is -0.287 e. The molecule has 2 unspecified atom stereocenters. The number of thioether (sulfide) groups is 1. The molecule has 2 aromatic carbocycles. The molecule has 0 spiro atoms. The summed E-state index contributed by atoms with van der Waals surface area (Å²) in [5, 5.41) is 0.813. The molecule has 0 bridgehead atoms. The molecule has 1 aliphatic rings. The van der Waals surface area contributed by atoms with E-state index in [2.05, 4.69) is 36.4 Å². The SMILES string of the molecule is O=C1SC(Cc2ccccc2)CC1Cc1ccccc1. The second-order valence-corrected chi connectivity index (χ2v) is 6.68. The lowest BCUT2D eigenvalue weighted by Crippen LogP contribution is -2.09. The molecule has 3 rings (SSSR count). The summed E-state index contributed by atoms with van der Waals surface area (Å²) >= 11 is 1.55. The normalized spacial score (nSPS) is 22.1. The van der Waals surface area contributed by atoms with Crippen molar-refractivity contribution >= 4 is 16.9 Å². The zero-order valence-electron chi connectivity index (χ0n) is 11.4. The molecular weight excluding hydrogens is 264 g/mol. The van der Waals surface area contributed by atoms with Crippen LogP contribution in [-0.2, 0) is 17.6 Å². The van der Waals surface area contributed by atoms with Crippen LogP contribution >= 0.6 is 11.8 Å². The van der Waals surface area contributed by atoms with Crippen LogP contribution in [0.4, 0.5) is 0 Å². The number of carbonyl (C=O) groups excluding carboxylic acids is 1. The summed E-state index contributed by atoms with van der Waals surface area (Å²) in [5.41, 5.74) is 2.60. The van der Waals surface area contributed by atoms with Gasteiger partial charge in [0.05, 0.1) is 0 Å². The van der Waals surface area contributed by atoms with Crippen LogP contribution in [0.2, 0.25) is 0 Å². The van der Waals surface area contributed by atoms with Gasteiger partial charge in [0.25, 0.3) is 0 Å². The third-order valence-electron chi connectivity index (χ3n) is 3.79. The number of carbonyl (C=O) groups is 1. The highest BCUT2D eigenvalue weighted by molar-refractivity contribution is 8.14. The van der Waals surface area contributed by atoms with Crippen LogP contribution in [0, 0.1) is 5.92 Å². The Hall–Kier alpha value is -1.54. The predicted molar refractivity (Wildman–Crippen MR) is 84.8 cm³/mol. The standard InChI is InChI=1S/C18H18OS/c19-18-16(11-14-7-3-1-4-8-14)13-17(20-18)12-15-9-5-2-6-10-15/h1-10,16-17H,11-13H2. The Labute approximate surface area is 124 Å². The van der Waals surface area contributed by atoms with E-state index in [0.29, 0.717) is 10.4 Å². The zero-order valence-corrected chi connectivity index (χ0v) is 12.2. The molecule has 0 aliphatic carbocycles. The summed E-state index contributed by atoms with van der Waals surface area (Å²) in [6.45, 7) is 0. The van der Waals surface area contributed by atoms with Crippen molar-refractivity contribution in [2.45, 2.75) is 24.5 Å². The van der Waals surface area contributed by atoms with Crippen molar-refractivity contribution < 1.29 is 4.79 Å². The molecule has 20 heavy (non-hydrogen) atoms. The molecule has 0 aromatic heterocycles. The van der Waals surface area contributed by atoms with Gasteiger partial charge in [-0.15, -0.1) is 0 Å². The molecule has 2 aromatic rings. The van der Waals surface area contributed by atoms with Crippen molar-refractivity contribution in [2.24, 2.45) is 5.92 Å². The average Bonchev–Trinajstić information content (AvgIpc) is 2.81. The van der Waals surface area contributed by atoms with E-state index in [1.807, 2.05) is 24.3 Å². The van der Waals surface area contributed by atoms with E-state index in [1.54, 1.807) is 11.8 Å². The van der Waals surface area contributed by atoms with E-state index < -0.39 is 0 Å². The van der Waals surface area contributed by atoms with Crippen molar-refractivity contribution in [1.29, 1.82) is 0 Å². The predicted octanol–water partition coefficient (Wildman–Crippen LogP) is 4.12. The van der Waals surface area contributed by atoms with Crippen molar-refractivity contribution in [3.63, 3.8) is 0 Å². The molecule has 0 N–H and O–H groups in total. The highest BCUT2D eigenvalue weighted by atomic mass is 32.2. The Kier molecular flexibility index (Phi) is 4.22. The van der Waals surface area contributed by atoms with Gasteiger partial charge in [-0.1, -0.05) is 72.4 Å². The van der Waals surface area contributed by atoms with E-state index in [1.165, 1.54) is 11.1 Å². The van der Waals surface area contributed by atoms with Crippen molar-refractivity contribution in [1.82, 2.24) is 0 Å². The molecule has 2 atom stereocenters. The van der Waals surface area contributed by atoms with Gasteiger partial charge in [-0.2, -0.15) is 0 Å². The lowest BCUT2D eigenvalue weighted by Gasteiger charge is -2.09. The van der Waals surface area contributed by atoms with Gasteiger partial charge in [0.15, 0.2) is 5.12 Å². The minimum atomic E-state index is 0.191. The van der Waals surface area contributed by atoms with Gasteiger partial charge in [-0.25, -0.2) is 0 Å². The second kappa shape index (κ2) is 6.27. The van der Waals surface area contributed by atoms with Gasteiger partial charge in [-0.3, -0.25) is 4.79 Å². The molecule has 1 fully saturated rings. The maximum atomic E-state index is 12.1. The largest absolute Gasteiger partial charge is 0.287 e. The van der Waals surface area contributed by atoms with Gasteiger partial charge in [0, 0.05) is 11.2 Å². The van der Waals surface area contributed by atoms with E-state index in [0.717, 1.165) is 19.3 Å². The Morgan fingerprint density at radius 1 is 0.850 bits per heavy atom. The van der Waals surface area contributed by atoms with Crippen LogP contribution in [0.15, 0.2) is 60.7 Å². The number of hydrogen-bond acceptors (Lipinski definition) is 2. The quantitative estimate of drug-likeness (QED) is 0.839. The van der Waals surface area contributed by atoms with E-state index in [9.17, 15) is 4.79 Å². The molecule has 1 aliphatic heterocycles. The maximum absolute atomic E-state index is 12.1. The third-order valence-corrected chi connectivity index (χ3v) is 5.05. The summed E-state index contributed by atoms with van der Waals surface area (Å²) < 4.78 is 0. The first-order valence-corrected chi connectivity index (χ1v) is 7.97. The van der Waals surface area contributed by atoms with Crippen molar-refractivity contribution in [3.8, 4) is 0 Å². The highest BCUT2D eigenvalue weighted by Crippen LogP contribution is 2.36. The van der Waals surface area contributed by atoms with E-state index in [-0.39, 0.29) is 5.92 Å². The lowest BCUT2D eigenvalue weighted by atomic mass is 9.94. The highest BCUT2D eigenvalue weighted by Gasteiger charge is 2.33. The fourth-order valence-electron chi connectivity index (χ4n) is 2.79. The summed E-state index contributed by atoms with van der Waals surface area (Å²) in [6.07, 6.45) is 2.90. The van der Waals surface area contributed by atoms with Crippen LogP contribution in [0.3, 0.4) is 0 Å². The first-order valence-electron chi connectivity index (χ1n) is 7.09. The Balaban J connectivity index is 1.61. The molecule has 0 saturated carbocycles. The van der Waals surface area contributed by atoms with E-state index >= 15 is 0 Å². The summed E-state index contributed by atoms with van der Waals surface area (Å²) in [5.74, 6) is 0.191. The van der Waals surface area contributed by atoms with Gasteiger partial charge in [0.1, 0.15) is 0 Å². The van der Waals surface area contributed by atoms with Crippen LogP contribution in [0.1, 0.15) is 17.5 Å². The molecule has 0 amide bonds. The monoisotopic (exact) mass is 282 g/mol. The van der Waals surface area contributed by atoms with Crippen LogP contribution < -0.4 is 0 Å². The lowest BCUT2D eigenvalue weighted by molar-refractivity contribution is -0.113. The fraction of sp³-hybridized carbons (Fsp3) is 0.278. The Bertz CT molecular complexity index is 564. The van der Waals surface area contributed by atoms with Crippen molar-refractivity contribution in [3.05, 3.63) is 71.8 Å². The topological polar surface area (TPSA) is 17.1 Å². The van der Waals surface area contributed by atoms with E-state index in [4.69, 9.17) is 0 Å². The zero-order chi connectivity index (χ0) is 13.8. The van der Waals surface area contributed by atoms with Gasteiger partial charge < -0.3 is 0 Å². The molecule has 1 saturated heterocycles. The smallest absolute Gasteiger partial charge is 0.192 e. The number of hydrogen-bond donors (Lipinski definition) is 0. The molecule has 2 heteroatoms. The molecule has 0 radical (unpaired) electrons. The van der Waals surface area contributed by atoms with Crippen LogP contribution in [0.5, 0.6) is 0 Å². The Morgan fingerprint density at radius 2 is 1.40 bits per heavy atom. The minimum absolute atomic E-state index is 0.191. The summed E-state index contributed by atoms with van der Waals surface area (Å²) in [6, 6.07) is 20.8. The van der Waals surface area contributed by atoms with Crippen molar-refractivity contribution in [2.75, 3.05) is 0 Å².